The zero-order valence-electron chi connectivity index (χ0n) is 10.5. The van der Waals surface area contributed by atoms with E-state index in [9.17, 15) is 0 Å². The Labute approximate surface area is 103 Å². The average molecular weight is 232 g/mol. The van der Waals surface area contributed by atoms with Gasteiger partial charge in [0.15, 0.2) is 0 Å². The standard InChI is InChI=1S/C14H20N2O/c1-10-5-6-12(8-11(10)2)14(16-15)13-4-3-7-17-9-13/h5-6,8-9,14,16H,3-4,7,15H2,1-2H3. The minimum absolute atomic E-state index is 0.0644. The van der Waals surface area contributed by atoms with E-state index in [0.29, 0.717) is 0 Å². The van der Waals surface area contributed by atoms with E-state index in [1.165, 1.54) is 22.3 Å². The zero-order chi connectivity index (χ0) is 12.3. The Kier molecular flexibility index (Phi) is 3.82. The highest BCUT2D eigenvalue weighted by molar-refractivity contribution is 5.35. The fraction of sp³-hybridized carbons (Fsp3) is 0.429. The summed E-state index contributed by atoms with van der Waals surface area (Å²) in [7, 11) is 0. The van der Waals surface area contributed by atoms with Gasteiger partial charge in [-0.15, -0.1) is 0 Å². The van der Waals surface area contributed by atoms with Gasteiger partial charge >= 0.3 is 0 Å². The van der Waals surface area contributed by atoms with Gasteiger partial charge in [-0.2, -0.15) is 0 Å². The first-order valence-corrected chi connectivity index (χ1v) is 6.06. The van der Waals surface area contributed by atoms with Crippen LogP contribution in [0, 0.1) is 13.8 Å². The van der Waals surface area contributed by atoms with Crippen LogP contribution in [0.2, 0.25) is 0 Å². The maximum Gasteiger partial charge on any atom is 0.0876 e. The van der Waals surface area contributed by atoms with E-state index in [1.807, 2.05) is 6.26 Å². The lowest BCUT2D eigenvalue weighted by Gasteiger charge is -2.23. The predicted octanol–water partition coefficient (Wildman–Crippen LogP) is 2.50. The molecule has 3 N–H and O–H groups in total. The van der Waals surface area contributed by atoms with Crippen molar-refractivity contribution in [3.63, 3.8) is 0 Å². The van der Waals surface area contributed by atoms with Gasteiger partial charge in [0.1, 0.15) is 0 Å². The van der Waals surface area contributed by atoms with Crippen LogP contribution in [0.4, 0.5) is 0 Å². The molecule has 0 aliphatic carbocycles. The average Bonchev–Trinajstić information content (AvgIpc) is 2.36. The van der Waals surface area contributed by atoms with Gasteiger partial charge in [0.2, 0.25) is 0 Å². The van der Waals surface area contributed by atoms with Crippen LogP contribution < -0.4 is 11.3 Å². The van der Waals surface area contributed by atoms with Crippen molar-refractivity contribution in [1.29, 1.82) is 0 Å². The Bertz CT molecular complexity index is 426. The molecule has 92 valence electrons. The quantitative estimate of drug-likeness (QED) is 0.622. The summed E-state index contributed by atoms with van der Waals surface area (Å²) in [5.74, 6) is 5.68. The van der Waals surface area contributed by atoms with Crippen LogP contribution in [0.25, 0.3) is 0 Å². The molecule has 0 amide bonds. The number of hydrogen-bond donors (Lipinski definition) is 2. The molecule has 1 atom stereocenters. The first-order chi connectivity index (χ1) is 8.22. The summed E-state index contributed by atoms with van der Waals surface area (Å²) >= 11 is 0. The van der Waals surface area contributed by atoms with Crippen molar-refractivity contribution >= 4 is 0 Å². The SMILES string of the molecule is Cc1ccc(C(NN)C2=COCCC2)cc1C. The molecule has 2 rings (SSSR count). The summed E-state index contributed by atoms with van der Waals surface area (Å²) in [5.41, 5.74) is 7.91. The maximum absolute atomic E-state index is 5.68. The third-order valence-electron chi connectivity index (χ3n) is 3.36. The summed E-state index contributed by atoms with van der Waals surface area (Å²) in [6.07, 6.45) is 3.96. The van der Waals surface area contributed by atoms with Crippen LogP contribution in [-0.4, -0.2) is 6.61 Å². The number of aryl methyl sites for hydroxylation is 2. The van der Waals surface area contributed by atoms with Crippen LogP contribution in [0.3, 0.4) is 0 Å². The Morgan fingerprint density at radius 2 is 2.12 bits per heavy atom. The van der Waals surface area contributed by atoms with Crippen molar-refractivity contribution in [2.75, 3.05) is 6.61 Å². The van der Waals surface area contributed by atoms with Crippen LogP contribution in [0.15, 0.2) is 30.0 Å². The molecule has 0 fully saturated rings. The Morgan fingerprint density at radius 1 is 1.29 bits per heavy atom. The number of hydrogen-bond acceptors (Lipinski definition) is 3. The van der Waals surface area contributed by atoms with Gasteiger partial charge in [-0.25, -0.2) is 5.43 Å². The zero-order valence-corrected chi connectivity index (χ0v) is 10.5. The van der Waals surface area contributed by atoms with Gasteiger partial charge < -0.3 is 4.74 Å². The van der Waals surface area contributed by atoms with Gasteiger partial charge in [0, 0.05) is 0 Å². The molecule has 0 radical (unpaired) electrons. The molecule has 1 unspecified atom stereocenters. The third-order valence-corrected chi connectivity index (χ3v) is 3.36. The van der Waals surface area contributed by atoms with Crippen LogP contribution in [0.1, 0.15) is 35.6 Å². The minimum atomic E-state index is 0.0644. The fourth-order valence-corrected chi connectivity index (χ4v) is 2.16. The van der Waals surface area contributed by atoms with Crippen molar-refractivity contribution in [1.82, 2.24) is 5.43 Å². The second kappa shape index (κ2) is 5.34. The second-order valence-electron chi connectivity index (χ2n) is 4.61. The van der Waals surface area contributed by atoms with E-state index in [2.05, 4.69) is 37.5 Å². The molecule has 1 aromatic carbocycles. The molecule has 3 nitrogen and oxygen atoms in total. The minimum Gasteiger partial charge on any atom is -0.501 e. The first-order valence-electron chi connectivity index (χ1n) is 6.06. The molecule has 1 aliphatic rings. The van der Waals surface area contributed by atoms with E-state index >= 15 is 0 Å². The number of rotatable bonds is 3. The lowest BCUT2D eigenvalue weighted by molar-refractivity contribution is 0.219. The van der Waals surface area contributed by atoms with E-state index in [-0.39, 0.29) is 6.04 Å². The summed E-state index contributed by atoms with van der Waals surface area (Å²) in [5, 5.41) is 0. The first kappa shape index (κ1) is 12.1. The van der Waals surface area contributed by atoms with E-state index in [1.54, 1.807) is 0 Å². The third kappa shape index (κ3) is 2.68. The smallest absolute Gasteiger partial charge is 0.0876 e. The summed E-state index contributed by atoms with van der Waals surface area (Å²) in [4.78, 5) is 0. The molecule has 1 heterocycles. The van der Waals surface area contributed by atoms with Gasteiger partial charge in [-0.05, 0) is 49.0 Å². The van der Waals surface area contributed by atoms with Gasteiger partial charge in [-0.3, -0.25) is 5.84 Å². The molecule has 1 aromatic rings. The fourth-order valence-electron chi connectivity index (χ4n) is 2.16. The Morgan fingerprint density at radius 3 is 2.71 bits per heavy atom. The number of hydrazine groups is 1. The summed E-state index contributed by atoms with van der Waals surface area (Å²) in [6.45, 7) is 5.05. The normalized spacial score (nSPS) is 17.2. The predicted molar refractivity (Wildman–Crippen MR) is 69.2 cm³/mol. The molecular formula is C14H20N2O. The maximum atomic E-state index is 5.68. The Hall–Kier alpha value is -1.32. The number of benzene rings is 1. The number of nitrogens with one attached hydrogen (secondary N) is 1. The van der Waals surface area contributed by atoms with Crippen LogP contribution in [-0.2, 0) is 4.74 Å². The van der Waals surface area contributed by atoms with Crippen molar-refractivity contribution in [3.05, 3.63) is 46.7 Å². The van der Waals surface area contributed by atoms with Gasteiger partial charge in [0.25, 0.3) is 0 Å². The highest BCUT2D eigenvalue weighted by Gasteiger charge is 2.18. The molecule has 0 saturated heterocycles. The highest BCUT2D eigenvalue weighted by Crippen LogP contribution is 2.28. The molecular weight excluding hydrogens is 212 g/mol. The largest absolute Gasteiger partial charge is 0.501 e. The van der Waals surface area contributed by atoms with Crippen molar-refractivity contribution in [2.45, 2.75) is 32.7 Å². The topological polar surface area (TPSA) is 47.3 Å². The lowest BCUT2D eigenvalue weighted by atomic mass is 9.93. The van der Waals surface area contributed by atoms with Crippen molar-refractivity contribution < 1.29 is 4.74 Å². The number of nitrogens with two attached hydrogens (primary N) is 1. The summed E-state index contributed by atoms with van der Waals surface area (Å²) in [6, 6.07) is 6.52. The molecule has 0 saturated carbocycles. The van der Waals surface area contributed by atoms with Crippen molar-refractivity contribution in [3.8, 4) is 0 Å². The summed E-state index contributed by atoms with van der Waals surface area (Å²) < 4.78 is 5.38. The highest BCUT2D eigenvalue weighted by atomic mass is 16.5. The molecule has 3 heteroatoms. The number of ether oxygens (including phenoxy) is 1. The van der Waals surface area contributed by atoms with Gasteiger partial charge in [-0.1, -0.05) is 18.2 Å². The van der Waals surface area contributed by atoms with Crippen LogP contribution in [0.5, 0.6) is 0 Å². The van der Waals surface area contributed by atoms with E-state index in [0.717, 1.165) is 19.4 Å². The van der Waals surface area contributed by atoms with Gasteiger partial charge in [0.05, 0.1) is 18.9 Å². The van der Waals surface area contributed by atoms with Crippen molar-refractivity contribution in [2.24, 2.45) is 5.84 Å². The Balaban J connectivity index is 2.28. The molecule has 0 bridgehead atoms. The molecule has 0 aromatic heterocycles. The molecule has 0 spiro atoms. The molecule has 17 heavy (non-hydrogen) atoms. The molecule has 1 aliphatic heterocycles. The van der Waals surface area contributed by atoms with E-state index in [4.69, 9.17) is 10.6 Å². The monoisotopic (exact) mass is 232 g/mol. The van der Waals surface area contributed by atoms with E-state index < -0.39 is 0 Å². The second-order valence-corrected chi connectivity index (χ2v) is 4.61. The van der Waals surface area contributed by atoms with Crippen LogP contribution >= 0.6 is 0 Å². The lowest BCUT2D eigenvalue weighted by Crippen LogP contribution is -2.30.